The Morgan fingerprint density at radius 1 is 1.20 bits per heavy atom. The van der Waals surface area contributed by atoms with Crippen LogP contribution < -0.4 is 0 Å². The van der Waals surface area contributed by atoms with Gasteiger partial charge in [0.05, 0.1) is 16.4 Å². The first-order chi connectivity index (χ1) is 9.18. The van der Waals surface area contributed by atoms with Crippen molar-refractivity contribution in [1.29, 1.82) is 0 Å². The minimum atomic E-state index is -0.117. The summed E-state index contributed by atoms with van der Waals surface area (Å²) >= 11 is 12.5. The minimum absolute atomic E-state index is 0.117. The summed E-state index contributed by atoms with van der Waals surface area (Å²) in [5.74, 6) is 0.938. The van der Waals surface area contributed by atoms with E-state index in [9.17, 15) is 0 Å². The molecule has 1 unspecified atom stereocenters. The van der Waals surface area contributed by atoms with Crippen molar-refractivity contribution in [3.05, 3.63) is 29.0 Å². The average Bonchev–Trinajstić information content (AvgIpc) is 2.64. The number of rotatable bonds is 2. The van der Waals surface area contributed by atoms with E-state index in [1.165, 1.54) is 0 Å². The lowest BCUT2D eigenvalue weighted by Crippen LogP contribution is -2.07. The molecule has 0 spiro atoms. The maximum absolute atomic E-state index is 6.36. The van der Waals surface area contributed by atoms with Crippen molar-refractivity contribution >= 4 is 34.2 Å². The summed E-state index contributed by atoms with van der Waals surface area (Å²) in [6, 6.07) is 6.25. The van der Waals surface area contributed by atoms with Crippen molar-refractivity contribution in [2.45, 2.75) is 46.0 Å². The second kappa shape index (κ2) is 4.14. The van der Waals surface area contributed by atoms with Crippen molar-refractivity contribution in [3.63, 3.8) is 0 Å². The normalized spacial score (nSPS) is 22.1. The Kier molecular flexibility index (Phi) is 2.94. The third-order valence-corrected chi connectivity index (χ3v) is 5.67. The number of hydrogen-bond acceptors (Lipinski definition) is 1. The Morgan fingerprint density at radius 2 is 1.80 bits per heavy atom. The summed E-state index contributed by atoms with van der Waals surface area (Å²) in [7, 11) is 0. The highest BCUT2D eigenvalue weighted by Crippen LogP contribution is 2.72. The van der Waals surface area contributed by atoms with Crippen LogP contribution in [0.2, 0.25) is 5.02 Å². The summed E-state index contributed by atoms with van der Waals surface area (Å²) in [5.41, 5.74) is 2.51. The Labute approximate surface area is 130 Å². The summed E-state index contributed by atoms with van der Waals surface area (Å²) in [6.07, 6.45) is 0. The van der Waals surface area contributed by atoms with Gasteiger partial charge in [-0.15, -0.1) is 11.6 Å². The molecule has 1 aromatic carbocycles. The Hall–Kier alpha value is -0.730. The molecule has 2 aromatic rings. The fourth-order valence-electron chi connectivity index (χ4n) is 3.44. The second-order valence-corrected chi connectivity index (χ2v) is 8.03. The van der Waals surface area contributed by atoms with Crippen LogP contribution in [0.5, 0.6) is 0 Å². The van der Waals surface area contributed by atoms with E-state index in [0.717, 1.165) is 21.9 Å². The minimum Gasteiger partial charge on any atom is -0.322 e. The maximum atomic E-state index is 6.36. The molecule has 0 radical (unpaired) electrons. The second-order valence-electron chi connectivity index (χ2n) is 6.93. The van der Waals surface area contributed by atoms with Crippen LogP contribution in [-0.4, -0.2) is 9.55 Å². The number of hydrogen-bond donors (Lipinski definition) is 0. The fraction of sp³-hybridized carbons (Fsp3) is 0.562. The summed E-state index contributed by atoms with van der Waals surface area (Å²) < 4.78 is 2.30. The Morgan fingerprint density at radius 3 is 2.30 bits per heavy atom. The van der Waals surface area contributed by atoms with Crippen LogP contribution >= 0.6 is 23.2 Å². The molecule has 3 rings (SSSR count). The van der Waals surface area contributed by atoms with Gasteiger partial charge in [-0.2, -0.15) is 0 Å². The highest BCUT2D eigenvalue weighted by molar-refractivity contribution is 6.31. The zero-order valence-electron chi connectivity index (χ0n) is 12.5. The molecular formula is C16H20Cl2N2. The average molecular weight is 311 g/mol. The molecule has 0 saturated heterocycles. The van der Waals surface area contributed by atoms with Gasteiger partial charge in [-0.1, -0.05) is 39.3 Å². The number of halogens is 2. The number of alkyl halides is 1. The van der Waals surface area contributed by atoms with Gasteiger partial charge in [-0.05, 0) is 36.0 Å². The number of fused-ring (bicyclic) bond motifs is 1. The molecule has 0 aliphatic heterocycles. The van der Waals surface area contributed by atoms with Crippen molar-refractivity contribution in [2.24, 2.45) is 10.8 Å². The number of imidazole rings is 1. The molecule has 0 amide bonds. The SMILES string of the molecule is CC(Cl)c1nc2ccc(Cl)cc2n1C1C(C)(C)C1(C)C. The smallest absolute Gasteiger partial charge is 0.128 e. The molecule has 1 heterocycles. The van der Waals surface area contributed by atoms with Crippen LogP contribution in [0.4, 0.5) is 0 Å². The van der Waals surface area contributed by atoms with Gasteiger partial charge in [0.15, 0.2) is 0 Å². The first-order valence-corrected chi connectivity index (χ1v) is 7.81. The largest absolute Gasteiger partial charge is 0.322 e. The van der Waals surface area contributed by atoms with E-state index in [-0.39, 0.29) is 16.2 Å². The van der Waals surface area contributed by atoms with Gasteiger partial charge in [-0.3, -0.25) is 0 Å². The van der Waals surface area contributed by atoms with Crippen LogP contribution in [0.25, 0.3) is 11.0 Å². The van der Waals surface area contributed by atoms with E-state index in [4.69, 9.17) is 28.2 Å². The van der Waals surface area contributed by atoms with Crippen molar-refractivity contribution in [3.8, 4) is 0 Å². The Balaban J connectivity index is 2.28. The lowest BCUT2D eigenvalue weighted by atomic mass is 10.0. The van der Waals surface area contributed by atoms with E-state index in [1.54, 1.807) is 0 Å². The predicted molar refractivity (Wildman–Crippen MR) is 85.6 cm³/mol. The van der Waals surface area contributed by atoms with Gasteiger partial charge < -0.3 is 4.57 Å². The molecule has 1 saturated carbocycles. The zero-order chi connectivity index (χ0) is 14.9. The number of benzene rings is 1. The summed E-state index contributed by atoms with van der Waals surface area (Å²) in [6.45, 7) is 11.2. The number of aromatic nitrogens is 2. The molecule has 20 heavy (non-hydrogen) atoms. The van der Waals surface area contributed by atoms with Crippen LogP contribution in [0.1, 0.15) is 51.9 Å². The van der Waals surface area contributed by atoms with Crippen LogP contribution in [0, 0.1) is 10.8 Å². The van der Waals surface area contributed by atoms with Crippen molar-refractivity contribution in [1.82, 2.24) is 9.55 Å². The molecule has 1 aliphatic carbocycles. The van der Waals surface area contributed by atoms with Gasteiger partial charge in [0.25, 0.3) is 0 Å². The molecule has 0 bridgehead atoms. The molecule has 4 heteroatoms. The predicted octanol–water partition coefficient (Wildman–Crippen LogP) is 5.60. The van der Waals surface area contributed by atoms with E-state index in [1.807, 2.05) is 25.1 Å². The first kappa shape index (κ1) is 14.2. The third-order valence-electron chi connectivity index (χ3n) is 5.24. The molecule has 0 N–H and O–H groups in total. The van der Waals surface area contributed by atoms with Crippen LogP contribution in [0.15, 0.2) is 18.2 Å². The number of nitrogens with zero attached hydrogens (tertiary/aromatic N) is 2. The van der Waals surface area contributed by atoms with Crippen molar-refractivity contribution < 1.29 is 0 Å². The zero-order valence-corrected chi connectivity index (χ0v) is 14.0. The van der Waals surface area contributed by atoms with Gasteiger partial charge in [0, 0.05) is 11.1 Å². The maximum Gasteiger partial charge on any atom is 0.128 e. The first-order valence-electron chi connectivity index (χ1n) is 6.99. The standard InChI is InChI=1S/C16H20Cl2N2/c1-9(17)13-19-11-7-6-10(18)8-12(11)20(13)14-15(2,3)16(14,4)5/h6-9,14H,1-5H3. The van der Waals surface area contributed by atoms with Gasteiger partial charge in [-0.25, -0.2) is 4.98 Å². The highest BCUT2D eigenvalue weighted by atomic mass is 35.5. The lowest BCUT2D eigenvalue weighted by Gasteiger charge is -2.13. The lowest BCUT2D eigenvalue weighted by molar-refractivity contribution is 0.457. The summed E-state index contributed by atoms with van der Waals surface area (Å²) in [4.78, 5) is 4.72. The molecular weight excluding hydrogens is 291 g/mol. The van der Waals surface area contributed by atoms with Crippen molar-refractivity contribution in [2.75, 3.05) is 0 Å². The molecule has 1 aliphatic rings. The molecule has 2 nitrogen and oxygen atoms in total. The van der Waals surface area contributed by atoms with Gasteiger partial charge in [0.2, 0.25) is 0 Å². The van der Waals surface area contributed by atoms with Gasteiger partial charge >= 0.3 is 0 Å². The molecule has 1 aromatic heterocycles. The Bertz CT molecular complexity index is 669. The molecule has 1 atom stereocenters. The third kappa shape index (κ3) is 1.74. The van der Waals surface area contributed by atoms with Gasteiger partial charge in [0.1, 0.15) is 5.82 Å². The van der Waals surface area contributed by atoms with E-state index < -0.39 is 0 Å². The molecule has 108 valence electrons. The van der Waals surface area contributed by atoms with E-state index in [0.29, 0.717) is 6.04 Å². The quantitative estimate of drug-likeness (QED) is 0.660. The highest BCUT2D eigenvalue weighted by Gasteiger charge is 2.66. The van der Waals surface area contributed by atoms with Crippen LogP contribution in [-0.2, 0) is 0 Å². The van der Waals surface area contributed by atoms with E-state index >= 15 is 0 Å². The molecule has 1 fully saturated rings. The fourth-order valence-corrected chi connectivity index (χ4v) is 3.76. The monoisotopic (exact) mass is 310 g/mol. The summed E-state index contributed by atoms with van der Waals surface area (Å²) in [5, 5.41) is 0.622. The topological polar surface area (TPSA) is 17.8 Å². The van der Waals surface area contributed by atoms with Crippen LogP contribution in [0.3, 0.4) is 0 Å². The van der Waals surface area contributed by atoms with E-state index in [2.05, 4.69) is 32.3 Å².